The Balaban J connectivity index is 1.95. The fourth-order valence-electron chi connectivity index (χ4n) is 2.31. The molecule has 4 nitrogen and oxygen atoms in total. The molecule has 2 aromatic rings. The summed E-state index contributed by atoms with van der Waals surface area (Å²) >= 11 is 1.02. The predicted molar refractivity (Wildman–Crippen MR) is 78.9 cm³/mol. The molecule has 1 fully saturated rings. The summed E-state index contributed by atoms with van der Waals surface area (Å²) < 4.78 is 32.9. The van der Waals surface area contributed by atoms with Crippen LogP contribution in [0.4, 0.5) is 8.78 Å². The SMILES string of the molecule is Cc1nc(-c2c(F)cccc2F)sc1C(=O)N1CCOCC1. The van der Waals surface area contributed by atoms with Gasteiger partial charge >= 0.3 is 0 Å². The number of rotatable bonds is 2. The van der Waals surface area contributed by atoms with Gasteiger partial charge in [-0.25, -0.2) is 13.8 Å². The molecule has 3 rings (SSSR count). The zero-order valence-corrected chi connectivity index (χ0v) is 12.8. The molecule has 0 unspecified atom stereocenters. The van der Waals surface area contributed by atoms with Gasteiger partial charge in [0.05, 0.1) is 24.5 Å². The van der Waals surface area contributed by atoms with Crippen molar-refractivity contribution >= 4 is 17.2 Å². The molecule has 7 heteroatoms. The Kier molecular flexibility index (Phi) is 4.17. The quantitative estimate of drug-likeness (QED) is 0.853. The molecule has 1 aromatic heterocycles. The van der Waals surface area contributed by atoms with Crippen LogP contribution in [0, 0.1) is 18.6 Å². The number of hydrogen-bond acceptors (Lipinski definition) is 4. The zero-order valence-electron chi connectivity index (χ0n) is 11.9. The summed E-state index contributed by atoms with van der Waals surface area (Å²) in [4.78, 5) is 18.8. The normalized spacial score (nSPS) is 15.1. The Bertz CT molecular complexity index is 691. The molecule has 1 saturated heterocycles. The van der Waals surface area contributed by atoms with Crippen LogP contribution >= 0.6 is 11.3 Å². The Morgan fingerprint density at radius 1 is 1.27 bits per heavy atom. The maximum absolute atomic E-state index is 13.8. The standard InChI is InChI=1S/C15H14F2N2O2S/c1-9-13(15(20)19-5-7-21-8-6-19)22-14(18-9)12-10(16)3-2-4-11(12)17/h2-4H,5-8H2,1H3. The van der Waals surface area contributed by atoms with E-state index in [1.54, 1.807) is 11.8 Å². The van der Waals surface area contributed by atoms with Crippen LogP contribution in [0.5, 0.6) is 0 Å². The molecular formula is C15H14F2N2O2S. The topological polar surface area (TPSA) is 42.4 Å². The van der Waals surface area contributed by atoms with Crippen LogP contribution in [0.25, 0.3) is 10.6 Å². The van der Waals surface area contributed by atoms with E-state index in [1.807, 2.05) is 0 Å². The third kappa shape index (κ3) is 2.74. The zero-order chi connectivity index (χ0) is 15.7. The molecule has 22 heavy (non-hydrogen) atoms. The third-order valence-electron chi connectivity index (χ3n) is 3.47. The van der Waals surface area contributed by atoms with E-state index in [0.29, 0.717) is 36.9 Å². The Morgan fingerprint density at radius 3 is 2.55 bits per heavy atom. The first-order valence-electron chi connectivity index (χ1n) is 6.86. The summed E-state index contributed by atoms with van der Waals surface area (Å²) in [7, 11) is 0. The molecule has 0 radical (unpaired) electrons. The lowest BCUT2D eigenvalue weighted by Crippen LogP contribution is -2.40. The summed E-state index contributed by atoms with van der Waals surface area (Å²) in [5.74, 6) is -1.53. The highest BCUT2D eigenvalue weighted by molar-refractivity contribution is 7.17. The van der Waals surface area contributed by atoms with Crippen molar-refractivity contribution in [2.75, 3.05) is 26.3 Å². The fourth-order valence-corrected chi connectivity index (χ4v) is 3.40. The van der Waals surface area contributed by atoms with Crippen molar-refractivity contribution in [3.63, 3.8) is 0 Å². The lowest BCUT2D eigenvalue weighted by Gasteiger charge is -2.26. The van der Waals surface area contributed by atoms with Gasteiger partial charge in [0.1, 0.15) is 21.5 Å². The predicted octanol–water partition coefficient (Wildman–Crippen LogP) is 2.87. The number of halogens is 2. The Morgan fingerprint density at radius 2 is 1.91 bits per heavy atom. The fraction of sp³-hybridized carbons (Fsp3) is 0.333. The molecule has 1 aliphatic heterocycles. The number of aryl methyl sites for hydroxylation is 1. The number of morpholine rings is 1. The second kappa shape index (κ2) is 6.10. The molecule has 116 valence electrons. The molecule has 0 N–H and O–H groups in total. The number of amides is 1. The highest BCUT2D eigenvalue weighted by Gasteiger charge is 2.25. The van der Waals surface area contributed by atoms with Gasteiger partial charge in [0, 0.05) is 13.1 Å². The van der Waals surface area contributed by atoms with E-state index in [1.165, 1.54) is 18.2 Å². The number of aromatic nitrogens is 1. The highest BCUT2D eigenvalue weighted by atomic mass is 32.1. The van der Waals surface area contributed by atoms with Crippen LogP contribution in [0.1, 0.15) is 15.4 Å². The van der Waals surface area contributed by atoms with Gasteiger partial charge in [-0.15, -0.1) is 11.3 Å². The summed E-state index contributed by atoms with van der Waals surface area (Å²) in [6.07, 6.45) is 0. The van der Waals surface area contributed by atoms with Crippen molar-refractivity contribution < 1.29 is 18.3 Å². The summed E-state index contributed by atoms with van der Waals surface area (Å²) in [5, 5.41) is 0.185. The summed E-state index contributed by atoms with van der Waals surface area (Å²) in [6, 6.07) is 3.66. The van der Waals surface area contributed by atoms with Crippen molar-refractivity contribution in [3.05, 3.63) is 40.4 Å². The minimum absolute atomic E-state index is 0.165. The van der Waals surface area contributed by atoms with Gasteiger partial charge in [-0.2, -0.15) is 0 Å². The molecule has 1 aliphatic rings. The summed E-state index contributed by atoms with van der Waals surface area (Å²) in [5.41, 5.74) is 0.302. The molecule has 1 amide bonds. The third-order valence-corrected chi connectivity index (χ3v) is 4.63. The number of thiazole rings is 1. The van der Waals surface area contributed by atoms with E-state index in [-0.39, 0.29) is 16.5 Å². The van der Waals surface area contributed by atoms with Crippen LogP contribution in [-0.4, -0.2) is 42.1 Å². The first-order chi connectivity index (χ1) is 10.6. The van der Waals surface area contributed by atoms with Crippen LogP contribution in [0.15, 0.2) is 18.2 Å². The molecule has 0 bridgehead atoms. The second-order valence-electron chi connectivity index (χ2n) is 4.93. The van der Waals surface area contributed by atoms with Gasteiger partial charge in [0.15, 0.2) is 0 Å². The summed E-state index contributed by atoms with van der Waals surface area (Å²) in [6.45, 7) is 3.70. The largest absolute Gasteiger partial charge is 0.378 e. The van der Waals surface area contributed by atoms with Crippen molar-refractivity contribution in [2.45, 2.75) is 6.92 Å². The number of carbonyl (C=O) groups is 1. The van der Waals surface area contributed by atoms with Crippen molar-refractivity contribution in [1.29, 1.82) is 0 Å². The van der Waals surface area contributed by atoms with E-state index in [2.05, 4.69) is 4.98 Å². The van der Waals surface area contributed by atoms with Crippen molar-refractivity contribution in [1.82, 2.24) is 9.88 Å². The van der Waals surface area contributed by atoms with Gasteiger partial charge in [0.2, 0.25) is 0 Å². The molecule has 0 atom stereocenters. The van der Waals surface area contributed by atoms with E-state index in [0.717, 1.165) is 11.3 Å². The maximum atomic E-state index is 13.8. The average molecular weight is 324 g/mol. The monoisotopic (exact) mass is 324 g/mol. The van der Waals surface area contributed by atoms with E-state index >= 15 is 0 Å². The smallest absolute Gasteiger partial charge is 0.266 e. The van der Waals surface area contributed by atoms with E-state index < -0.39 is 11.6 Å². The lowest BCUT2D eigenvalue weighted by atomic mass is 10.2. The molecule has 2 heterocycles. The molecule has 0 aliphatic carbocycles. The molecular weight excluding hydrogens is 310 g/mol. The van der Waals surface area contributed by atoms with Gasteiger partial charge < -0.3 is 9.64 Å². The molecule has 0 saturated carbocycles. The number of carbonyl (C=O) groups excluding carboxylic acids is 1. The van der Waals surface area contributed by atoms with Crippen LogP contribution in [0.2, 0.25) is 0 Å². The van der Waals surface area contributed by atoms with E-state index in [9.17, 15) is 13.6 Å². The van der Waals surface area contributed by atoms with Crippen LogP contribution in [-0.2, 0) is 4.74 Å². The minimum atomic E-state index is -0.681. The van der Waals surface area contributed by atoms with Crippen LogP contribution in [0.3, 0.4) is 0 Å². The Hall–Kier alpha value is -1.86. The highest BCUT2D eigenvalue weighted by Crippen LogP contribution is 2.32. The van der Waals surface area contributed by atoms with Gasteiger partial charge in [0.25, 0.3) is 5.91 Å². The first kappa shape index (κ1) is 15.1. The van der Waals surface area contributed by atoms with Gasteiger partial charge in [-0.05, 0) is 19.1 Å². The van der Waals surface area contributed by atoms with E-state index in [4.69, 9.17) is 4.74 Å². The molecule has 1 aromatic carbocycles. The van der Waals surface area contributed by atoms with Gasteiger partial charge in [-0.1, -0.05) is 6.07 Å². The van der Waals surface area contributed by atoms with Crippen molar-refractivity contribution in [2.24, 2.45) is 0 Å². The van der Waals surface area contributed by atoms with Crippen LogP contribution < -0.4 is 0 Å². The number of ether oxygens (including phenoxy) is 1. The lowest BCUT2D eigenvalue weighted by molar-refractivity contribution is 0.0305. The van der Waals surface area contributed by atoms with Gasteiger partial charge in [-0.3, -0.25) is 4.79 Å². The number of hydrogen-bond donors (Lipinski definition) is 0. The molecule has 0 spiro atoms. The second-order valence-corrected chi connectivity index (χ2v) is 5.93. The number of nitrogens with zero attached hydrogens (tertiary/aromatic N) is 2. The van der Waals surface area contributed by atoms with Crippen molar-refractivity contribution in [3.8, 4) is 10.6 Å². The number of benzene rings is 1. The Labute approximate surface area is 130 Å². The maximum Gasteiger partial charge on any atom is 0.266 e. The first-order valence-corrected chi connectivity index (χ1v) is 7.68. The minimum Gasteiger partial charge on any atom is -0.378 e. The average Bonchev–Trinajstić information content (AvgIpc) is 2.89.